The van der Waals surface area contributed by atoms with Crippen molar-refractivity contribution in [2.24, 2.45) is 0 Å². The second kappa shape index (κ2) is 9.58. The molecule has 0 atom stereocenters. The van der Waals surface area contributed by atoms with Crippen LogP contribution in [0.5, 0.6) is 0 Å². The Morgan fingerprint density at radius 3 is 2.69 bits per heavy atom. The second-order valence-corrected chi connectivity index (χ2v) is 8.48. The van der Waals surface area contributed by atoms with E-state index < -0.39 is 0 Å². The van der Waals surface area contributed by atoms with Gasteiger partial charge in [-0.1, -0.05) is 42.1 Å². The molecule has 160 valence electrons. The van der Waals surface area contributed by atoms with Crippen LogP contribution in [0.2, 0.25) is 0 Å². The largest absolute Gasteiger partial charge is 0.338 e. The van der Waals surface area contributed by atoms with E-state index in [0.717, 1.165) is 27.5 Å². The Bertz CT molecular complexity index is 1220. The van der Waals surface area contributed by atoms with Crippen LogP contribution < -0.4 is 15.5 Å². The number of fused-ring (bicyclic) bond motifs is 2. The van der Waals surface area contributed by atoms with Crippen LogP contribution in [0, 0.1) is 11.3 Å². The number of benzene rings is 3. The first kappa shape index (κ1) is 21.5. The first-order valence-electron chi connectivity index (χ1n) is 10.3. The lowest BCUT2D eigenvalue weighted by Crippen LogP contribution is -2.30. The zero-order valence-electron chi connectivity index (χ0n) is 17.6. The van der Waals surface area contributed by atoms with E-state index in [1.807, 2.05) is 60.7 Å². The fourth-order valence-electron chi connectivity index (χ4n) is 3.59. The van der Waals surface area contributed by atoms with Crippen molar-refractivity contribution in [1.82, 2.24) is 5.32 Å². The minimum atomic E-state index is -0.308. The maximum absolute atomic E-state index is 12.9. The summed E-state index contributed by atoms with van der Waals surface area (Å²) in [5.74, 6) is -0.0777. The van der Waals surface area contributed by atoms with Gasteiger partial charge in [-0.15, -0.1) is 0 Å². The van der Waals surface area contributed by atoms with Gasteiger partial charge in [-0.25, -0.2) is 4.79 Å². The van der Waals surface area contributed by atoms with Crippen LogP contribution in [0.4, 0.5) is 16.2 Å². The van der Waals surface area contributed by atoms with Crippen molar-refractivity contribution in [1.29, 1.82) is 5.26 Å². The van der Waals surface area contributed by atoms with Gasteiger partial charge in [0, 0.05) is 29.1 Å². The molecule has 1 aliphatic heterocycles. The first-order chi connectivity index (χ1) is 15.6. The highest BCUT2D eigenvalue weighted by atomic mass is 32.2. The SMILES string of the molecule is CN1C(=O)c2ccccc2Sc2ccc(NC(=O)NCCCc3ccccc3C#N)cc21. The number of urea groups is 1. The molecule has 0 saturated carbocycles. The van der Waals surface area contributed by atoms with Crippen molar-refractivity contribution in [3.63, 3.8) is 0 Å². The number of hydrogen-bond acceptors (Lipinski definition) is 4. The normalized spacial score (nSPS) is 12.2. The number of hydrogen-bond donors (Lipinski definition) is 2. The van der Waals surface area contributed by atoms with Gasteiger partial charge >= 0.3 is 6.03 Å². The predicted octanol–water partition coefficient (Wildman–Crippen LogP) is 5.05. The maximum Gasteiger partial charge on any atom is 0.319 e. The van der Waals surface area contributed by atoms with Crippen molar-refractivity contribution in [3.05, 3.63) is 83.4 Å². The van der Waals surface area contributed by atoms with Crippen LogP contribution in [0.1, 0.15) is 27.9 Å². The summed E-state index contributed by atoms with van der Waals surface area (Å²) in [4.78, 5) is 28.7. The summed E-state index contributed by atoms with van der Waals surface area (Å²) in [7, 11) is 1.74. The van der Waals surface area contributed by atoms with Gasteiger partial charge in [-0.2, -0.15) is 5.26 Å². The number of nitrogens with zero attached hydrogens (tertiary/aromatic N) is 2. The van der Waals surface area contributed by atoms with Crippen LogP contribution in [-0.2, 0) is 6.42 Å². The Kier molecular flexibility index (Phi) is 6.43. The molecule has 3 aromatic carbocycles. The van der Waals surface area contributed by atoms with Crippen molar-refractivity contribution >= 4 is 35.1 Å². The molecule has 0 aliphatic carbocycles. The third kappa shape index (κ3) is 4.61. The molecule has 4 rings (SSSR count). The Morgan fingerprint density at radius 2 is 1.84 bits per heavy atom. The summed E-state index contributed by atoms with van der Waals surface area (Å²) in [6, 6.07) is 22.5. The fourth-order valence-corrected chi connectivity index (χ4v) is 4.67. The number of rotatable bonds is 5. The Morgan fingerprint density at radius 1 is 1.06 bits per heavy atom. The summed E-state index contributed by atoms with van der Waals surface area (Å²) >= 11 is 1.54. The number of carbonyl (C=O) groups is 2. The molecule has 7 heteroatoms. The van der Waals surface area contributed by atoms with Crippen LogP contribution in [0.15, 0.2) is 76.5 Å². The highest BCUT2D eigenvalue weighted by molar-refractivity contribution is 7.99. The molecule has 0 unspecified atom stereocenters. The van der Waals surface area contributed by atoms with Gasteiger partial charge in [-0.05, 0) is 54.8 Å². The zero-order valence-corrected chi connectivity index (χ0v) is 18.4. The number of nitrogens with one attached hydrogen (secondary N) is 2. The van der Waals surface area contributed by atoms with Crippen LogP contribution in [-0.4, -0.2) is 25.5 Å². The fraction of sp³-hybridized carbons (Fsp3) is 0.160. The van der Waals surface area contributed by atoms with Crippen molar-refractivity contribution in [2.75, 3.05) is 23.8 Å². The third-order valence-electron chi connectivity index (χ3n) is 5.27. The van der Waals surface area contributed by atoms with Gasteiger partial charge in [0.2, 0.25) is 0 Å². The molecule has 3 aromatic rings. The van der Waals surface area contributed by atoms with Gasteiger partial charge in [-0.3, -0.25) is 4.79 Å². The minimum absolute atomic E-state index is 0.0777. The molecule has 2 N–H and O–H groups in total. The maximum atomic E-state index is 12.9. The predicted molar refractivity (Wildman–Crippen MR) is 126 cm³/mol. The lowest BCUT2D eigenvalue weighted by Gasteiger charge is -2.18. The summed E-state index contributed by atoms with van der Waals surface area (Å²) in [5.41, 5.74) is 3.68. The Hall–Kier alpha value is -3.76. The van der Waals surface area contributed by atoms with E-state index in [1.165, 1.54) is 0 Å². The standard InChI is InChI=1S/C25H22N4O2S/c1-29-21-15-19(12-13-23(21)32-22-11-5-4-10-20(22)24(29)30)28-25(31)27-14-6-9-17-7-2-3-8-18(17)16-26/h2-5,7-8,10-13,15H,6,9,14H2,1H3,(H2,27,28,31). The lowest BCUT2D eigenvalue weighted by atomic mass is 10.0. The summed E-state index contributed by atoms with van der Waals surface area (Å²) in [5, 5.41) is 14.8. The molecule has 0 saturated heterocycles. The average molecular weight is 443 g/mol. The number of amides is 3. The summed E-state index contributed by atoms with van der Waals surface area (Å²) < 4.78 is 0. The van der Waals surface area contributed by atoms with E-state index in [-0.39, 0.29) is 11.9 Å². The molecule has 6 nitrogen and oxygen atoms in total. The molecule has 0 radical (unpaired) electrons. The topological polar surface area (TPSA) is 85.2 Å². The molecule has 0 fully saturated rings. The van der Waals surface area contributed by atoms with Crippen LogP contribution in [0.3, 0.4) is 0 Å². The molecule has 0 bridgehead atoms. The van der Waals surface area contributed by atoms with E-state index in [2.05, 4.69) is 16.7 Å². The van der Waals surface area contributed by atoms with E-state index in [4.69, 9.17) is 5.26 Å². The third-order valence-corrected chi connectivity index (χ3v) is 6.41. The molecule has 0 spiro atoms. The van der Waals surface area contributed by atoms with E-state index in [0.29, 0.717) is 29.8 Å². The van der Waals surface area contributed by atoms with E-state index in [1.54, 1.807) is 29.8 Å². The summed E-state index contributed by atoms with van der Waals surface area (Å²) in [6.45, 7) is 0.486. The number of aryl methyl sites for hydroxylation is 1. The minimum Gasteiger partial charge on any atom is -0.338 e. The van der Waals surface area contributed by atoms with Gasteiger partial charge in [0.15, 0.2) is 0 Å². The molecule has 32 heavy (non-hydrogen) atoms. The quantitative estimate of drug-likeness (QED) is 0.541. The Balaban J connectivity index is 1.37. The van der Waals surface area contributed by atoms with Crippen molar-refractivity contribution < 1.29 is 9.59 Å². The average Bonchev–Trinajstić information content (AvgIpc) is 2.92. The van der Waals surface area contributed by atoms with Crippen LogP contribution in [0.25, 0.3) is 0 Å². The number of carbonyl (C=O) groups excluding carboxylic acids is 2. The van der Waals surface area contributed by atoms with Gasteiger partial charge in [0.25, 0.3) is 5.91 Å². The molecule has 1 aliphatic rings. The summed E-state index contributed by atoms with van der Waals surface area (Å²) in [6.07, 6.45) is 1.44. The van der Waals surface area contributed by atoms with Gasteiger partial charge < -0.3 is 15.5 Å². The lowest BCUT2D eigenvalue weighted by molar-refractivity contribution is 0.0990. The molecular formula is C25H22N4O2S. The molecule has 0 aromatic heterocycles. The molecule has 3 amide bonds. The van der Waals surface area contributed by atoms with E-state index in [9.17, 15) is 9.59 Å². The van der Waals surface area contributed by atoms with Gasteiger partial charge in [0.1, 0.15) is 0 Å². The second-order valence-electron chi connectivity index (χ2n) is 7.40. The molecule has 1 heterocycles. The smallest absolute Gasteiger partial charge is 0.319 e. The van der Waals surface area contributed by atoms with Gasteiger partial charge in [0.05, 0.1) is 22.9 Å². The Labute approximate surface area is 191 Å². The number of anilines is 2. The van der Waals surface area contributed by atoms with E-state index >= 15 is 0 Å². The number of nitriles is 1. The first-order valence-corrected chi connectivity index (χ1v) is 11.1. The zero-order chi connectivity index (χ0) is 22.5. The highest BCUT2D eigenvalue weighted by Gasteiger charge is 2.24. The van der Waals surface area contributed by atoms with Crippen LogP contribution >= 0.6 is 11.8 Å². The van der Waals surface area contributed by atoms with Crippen molar-refractivity contribution in [3.8, 4) is 6.07 Å². The highest BCUT2D eigenvalue weighted by Crippen LogP contribution is 2.41. The van der Waals surface area contributed by atoms with Crippen molar-refractivity contribution in [2.45, 2.75) is 22.6 Å². The monoisotopic (exact) mass is 442 g/mol. The molecular weight excluding hydrogens is 420 g/mol.